The molecule has 0 aliphatic rings. The fourth-order valence-corrected chi connectivity index (χ4v) is 0.994. The summed E-state index contributed by atoms with van der Waals surface area (Å²) >= 11 is 0. The van der Waals surface area contributed by atoms with Crippen LogP contribution in [0.1, 0.15) is 19.8 Å². The zero-order valence-corrected chi connectivity index (χ0v) is 7.69. The highest BCUT2D eigenvalue weighted by Gasteiger charge is 2.12. The summed E-state index contributed by atoms with van der Waals surface area (Å²) in [7, 11) is -1.31. The first-order chi connectivity index (χ1) is 4.62. The van der Waals surface area contributed by atoms with Gasteiger partial charge in [-0.05, 0) is 6.42 Å². The molecule has 0 N–H and O–H groups in total. The fraction of sp³-hybridized carbons (Fsp3) is 1.00. The summed E-state index contributed by atoms with van der Waals surface area (Å²) in [6, 6.07) is 0. The molecule has 3 nitrogen and oxygen atoms in total. The minimum atomic E-state index is -2.70. The lowest BCUT2D eigenvalue weighted by molar-refractivity contribution is 0.235. The zero-order valence-electron chi connectivity index (χ0n) is 6.79. The van der Waals surface area contributed by atoms with Crippen molar-refractivity contribution in [3.05, 3.63) is 0 Å². The van der Waals surface area contributed by atoms with Crippen molar-refractivity contribution in [3.63, 3.8) is 0 Å². The highest BCUT2D eigenvalue weighted by atomic mass is 31.2. The van der Waals surface area contributed by atoms with Crippen molar-refractivity contribution in [2.45, 2.75) is 19.8 Å². The predicted molar refractivity (Wildman–Crippen MR) is 41.4 cm³/mol. The average Bonchev–Trinajstić information content (AvgIpc) is 1.89. The Labute approximate surface area is 62.3 Å². The first-order valence-corrected chi connectivity index (χ1v) is 5.39. The van der Waals surface area contributed by atoms with Gasteiger partial charge in [0.2, 0.25) is 0 Å². The van der Waals surface area contributed by atoms with E-state index in [4.69, 9.17) is 4.52 Å². The summed E-state index contributed by atoms with van der Waals surface area (Å²) in [5, 5.41) is 0. The first kappa shape index (κ1) is 10.2. The highest BCUT2D eigenvalue weighted by Crippen LogP contribution is 2.42. The van der Waals surface area contributed by atoms with Crippen molar-refractivity contribution >= 4 is 7.60 Å². The van der Waals surface area contributed by atoms with Crippen molar-refractivity contribution in [2.24, 2.45) is 0 Å². The van der Waals surface area contributed by atoms with Crippen LogP contribution in [0.2, 0.25) is 0 Å². The van der Waals surface area contributed by atoms with Crippen molar-refractivity contribution in [3.8, 4) is 0 Å². The Bertz CT molecular complexity index is 124. The molecule has 0 heterocycles. The molecule has 0 saturated heterocycles. The Morgan fingerprint density at radius 3 is 2.50 bits per heavy atom. The Morgan fingerprint density at radius 2 is 2.10 bits per heavy atom. The van der Waals surface area contributed by atoms with E-state index in [-0.39, 0.29) is 0 Å². The molecule has 0 aromatic carbocycles. The van der Waals surface area contributed by atoms with E-state index in [2.05, 4.69) is 11.4 Å². The molecule has 0 aromatic heterocycles. The van der Waals surface area contributed by atoms with Gasteiger partial charge in [0, 0.05) is 13.8 Å². The SMILES string of the molecule is CCCCOP(C)(=O)OC. The highest BCUT2D eigenvalue weighted by molar-refractivity contribution is 7.52. The lowest BCUT2D eigenvalue weighted by Gasteiger charge is -2.09. The van der Waals surface area contributed by atoms with Crippen LogP contribution in [-0.4, -0.2) is 20.4 Å². The summed E-state index contributed by atoms with van der Waals surface area (Å²) in [4.78, 5) is 0. The van der Waals surface area contributed by atoms with Gasteiger partial charge < -0.3 is 9.05 Å². The Balaban J connectivity index is 3.38. The van der Waals surface area contributed by atoms with Gasteiger partial charge in [-0.15, -0.1) is 0 Å². The number of hydrogen-bond acceptors (Lipinski definition) is 3. The maximum atomic E-state index is 11.0. The molecule has 1 unspecified atom stereocenters. The molecule has 10 heavy (non-hydrogen) atoms. The Kier molecular flexibility index (Phi) is 4.96. The Morgan fingerprint density at radius 1 is 1.50 bits per heavy atom. The third-order valence-corrected chi connectivity index (χ3v) is 2.47. The topological polar surface area (TPSA) is 35.5 Å². The molecule has 0 fully saturated rings. The van der Waals surface area contributed by atoms with Gasteiger partial charge in [-0.25, -0.2) is 0 Å². The van der Waals surface area contributed by atoms with E-state index in [1.807, 2.05) is 0 Å². The van der Waals surface area contributed by atoms with Gasteiger partial charge in [-0.2, -0.15) is 0 Å². The molecule has 0 aromatic rings. The summed E-state index contributed by atoms with van der Waals surface area (Å²) < 4.78 is 20.6. The number of hydrogen-bond donors (Lipinski definition) is 0. The summed E-state index contributed by atoms with van der Waals surface area (Å²) in [5.41, 5.74) is 0. The molecule has 0 amide bonds. The molecule has 0 aliphatic heterocycles. The molecule has 0 radical (unpaired) electrons. The third-order valence-electron chi connectivity index (χ3n) is 1.16. The molecular weight excluding hydrogens is 151 g/mol. The lowest BCUT2D eigenvalue weighted by atomic mass is 10.4. The van der Waals surface area contributed by atoms with E-state index in [0.29, 0.717) is 6.61 Å². The van der Waals surface area contributed by atoms with E-state index in [0.717, 1.165) is 12.8 Å². The van der Waals surface area contributed by atoms with Crippen LogP contribution in [0.5, 0.6) is 0 Å². The predicted octanol–water partition coefficient (Wildman–Crippen LogP) is 2.27. The molecule has 0 spiro atoms. The molecule has 4 heteroatoms. The quantitative estimate of drug-likeness (QED) is 0.464. The minimum absolute atomic E-state index is 0.526. The minimum Gasteiger partial charge on any atom is -0.312 e. The van der Waals surface area contributed by atoms with Crippen molar-refractivity contribution in [2.75, 3.05) is 20.4 Å². The molecule has 0 aliphatic carbocycles. The summed E-state index contributed by atoms with van der Waals surface area (Å²) in [5.74, 6) is 0. The normalized spacial score (nSPS) is 16.7. The van der Waals surface area contributed by atoms with E-state index < -0.39 is 7.60 Å². The molecule has 62 valence electrons. The molecule has 0 bridgehead atoms. The van der Waals surface area contributed by atoms with Gasteiger partial charge in [0.1, 0.15) is 0 Å². The van der Waals surface area contributed by atoms with Gasteiger partial charge >= 0.3 is 7.60 Å². The maximum Gasteiger partial charge on any atom is 0.327 e. The molecule has 1 atom stereocenters. The van der Waals surface area contributed by atoms with Gasteiger partial charge in [-0.3, -0.25) is 4.57 Å². The van der Waals surface area contributed by atoms with Gasteiger partial charge in [0.15, 0.2) is 0 Å². The van der Waals surface area contributed by atoms with Crippen LogP contribution in [0.3, 0.4) is 0 Å². The van der Waals surface area contributed by atoms with E-state index in [1.165, 1.54) is 13.8 Å². The van der Waals surface area contributed by atoms with Crippen LogP contribution in [0.15, 0.2) is 0 Å². The second-order valence-electron chi connectivity index (χ2n) is 2.14. The van der Waals surface area contributed by atoms with Gasteiger partial charge in [-0.1, -0.05) is 13.3 Å². The standard InChI is InChI=1S/C6H15O3P/c1-4-5-6-9-10(3,7)8-2/h4-6H2,1-3H3. The monoisotopic (exact) mass is 166 g/mol. The molecular formula is C6H15O3P. The van der Waals surface area contributed by atoms with Crippen LogP contribution in [0.4, 0.5) is 0 Å². The second kappa shape index (κ2) is 4.89. The fourth-order valence-electron chi connectivity index (χ4n) is 0.427. The van der Waals surface area contributed by atoms with E-state index in [9.17, 15) is 4.57 Å². The van der Waals surface area contributed by atoms with Crippen molar-refractivity contribution in [1.29, 1.82) is 0 Å². The third kappa shape index (κ3) is 4.98. The number of unbranched alkanes of at least 4 members (excludes halogenated alkanes) is 1. The average molecular weight is 166 g/mol. The van der Waals surface area contributed by atoms with E-state index >= 15 is 0 Å². The Hall–Kier alpha value is 0.150. The van der Waals surface area contributed by atoms with Gasteiger partial charge in [0.25, 0.3) is 0 Å². The van der Waals surface area contributed by atoms with Crippen molar-refractivity contribution in [1.82, 2.24) is 0 Å². The maximum absolute atomic E-state index is 11.0. The molecule has 0 saturated carbocycles. The van der Waals surface area contributed by atoms with E-state index in [1.54, 1.807) is 0 Å². The van der Waals surface area contributed by atoms with Crippen LogP contribution in [0, 0.1) is 0 Å². The van der Waals surface area contributed by atoms with Crippen LogP contribution >= 0.6 is 7.60 Å². The van der Waals surface area contributed by atoms with Crippen LogP contribution in [0.25, 0.3) is 0 Å². The summed E-state index contributed by atoms with van der Waals surface area (Å²) in [6.45, 7) is 4.05. The van der Waals surface area contributed by atoms with Crippen LogP contribution in [-0.2, 0) is 13.6 Å². The molecule has 0 rings (SSSR count). The van der Waals surface area contributed by atoms with Crippen LogP contribution < -0.4 is 0 Å². The lowest BCUT2D eigenvalue weighted by Crippen LogP contribution is -1.92. The van der Waals surface area contributed by atoms with Crippen molar-refractivity contribution < 1.29 is 13.6 Å². The first-order valence-electron chi connectivity index (χ1n) is 3.40. The van der Waals surface area contributed by atoms with Gasteiger partial charge in [0.05, 0.1) is 6.61 Å². The zero-order chi connectivity index (χ0) is 8.04. The second-order valence-corrected chi connectivity index (χ2v) is 4.31. The number of rotatable bonds is 5. The largest absolute Gasteiger partial charge is 0.327 e. The summed E-state index contributed by atoms with van der Waals surface area (Å²) in [6.07, 6.45) is 1.98. The smallest absolute Gasteiger partial charge is 0.312 e.